The summed E-state index contributed by atoms with van der Waals surface area (Å²) in [5, 5.41) is 5.04. The first-order valence-electron chi connectivity index (χ1n) is 11.8. The number of hydrogen-bond donors (Lipinski definition) is 0. The zero-order chi connectivity index (χ0) is 27.6. The molecule has 0 aliphatic heterocycles. The summed E-state index contributed by atoms with van der Waals surface area (Å²) in [6.45, 7) is 8.47. The molecule has 10 heteroatoms. The number of nitrogens with zero attached hydrogens (tertiary/aromatic N) is 3. The Morgan fingerprint density at radius 3 is 2.39 bits per heavy atom. The van der Waals surface area contributed by atoms with Gasteiger partial charge in [0.15, 0.2) is 11.5 Å². The van der Waals surface area contributed by atoms with Gasteiger partial charge >= 0.3 is 0 Å². The lowest BCUT2D eigenvalue weighted by atomic mass is 9.95. The van der Waals surface area contributed by atoms with Gasteiger partial charge in [-0.1, -0.05) is 48.8 Å². The van der Waals surface area contributed by atoms with Crippen LogP contribution in [0.25, 0.3) is 10.9 Å². The van der Waals surface area contributed by atoms with Crippen molar-refractivity contribution in [3.8, 4) is 11.5 Å². The summed E-state index contributed by atoms with van der Waals surface area (Å²) in [6.07, 6.45) is 1.59. The maximum Gasteiger partial charge on any atom is 0.282 e. The van der Waals surface area contributed by atoms with Gasteiger partial charge in [0.05, 0.1) is 28.2 Å². The van der Waals surface area contributed by atoms with Crippen molar-refractivity contribution in [3.05, 3.63) is 95.1 Å². The van der Waals surface area contributed by atoms with Crippen LogP contribution in [0.3, 0.4) is 0 Å². The van der Waals surface area contributed by atoms with Crippen LogP contribution < -0.4 is 15.0 Å². The maximum atomic E-state index is 13.5. The summed E-state index contributed by atoms with van der Waals surface area (Å²) in [7, 11) is 0. The normalized spacial score (nSPS) is 11.9. The summed E-state index contributed by atoms with van der Waals surface area (Å²) in [4.78, 5) is 18.2. The Hall–Kier alpha value is -2.56. The predicted octanol–water partition coefficient (Wildman–Crippen LogP) is 7.98. The molecule has 198 valence electrons. The van der Waals surface area contributed by atoms with E-state index in [4.69, 9.17) is 14.5 Å². The van der Waals surface area contributed by atoms with Gasteiger partial charge in [0.1, 0.15) is 18.2 Å². The van der Waals surface area contributed by atoms with Crippen LogP contribution in [0.2, 0.25) is 0 Å². The van der Waals surface area contributed by atoms with Gasteiger partial charge in [0.2, 0.25) is 0 Å². The van der Waals surface area contributed by atoms with E-state index in [0.717, 1.165) is 10.0 Å². The summed E-state index contributed by atoms with van der Waals surface area (Å²) in [5.74, 6) is 1.22. The van der Waals surface area contributed by atoms with E-state index in [1.807, 2.05) is 39.8 Å². The van der Waals surface area contributed by atoms with Crippen LogP contribution in [-0.2, 0) is 12.0 Å². The number of halogens is 4. The largest absolute Gasteiger partial charge is 0.490 e. The Labute approximate surface area is 245 Å². The van der Waals surface area contributed by atoms with E-state index in [1.54, 1.807) is 30.5 Å². The second-order valence-electron chi connectivity index (χ2n) is 9.48. The second kappa shape index (κ2) is 11.7. The van der Waals surface area contributed by atoms with Gasteiger partial charge in [0, 0.05) is 19.9 Å². The van der Waals surface area contributed by atoms with E-state index in [2.05, 4.69) is 52.9 Å². The molecule has 0 aliphatic rings. The molecule has 1 aromatic heterocycles. The van der Waals surface area contributed by atoms with Gasteiger partial charge in [0.25, 0.3) is 5.56 Å². The zero-order valence-corrected chi connectivity index (χ0v) is 25.9. The monoisotopic (exact) mass is 707 g/mol. The number of hydrogen-bond acceptors (Lipinski definition) is 5. The molecule has 4 aromatic rings. The third-order valence-electron chi connectivity index (χ3n) is 5.54. The molecule has 0 N–H and O–H groups in total. The minimum absolute atomic E-state index is 0.224. The van der Waals surface area contributed by atoms with Crippen molar-refractivity contribution >= 4 is 64.9 Å². The molecule has 0 saturated heterocycles. The number of rotatable bonds is 7. The second-order valence-corrected chi connectivity index (χ2v) is 12.0. The molecular weight excluding hydrogens is 685 g/mol. The minimum atomic E-state index is -0.440. The lowest BCUT2D eigenvalue weighted by molar-refractivity contribution is 0.267. The topological polar surface area (TPSA) is 65.7 Å². The van der Waals surface area contributed by atoms with Crippen LogP contribution in [0.5, 0.6) is 11.5 Å². The lowest BCUT2D eigenvalue weighted by Gasteiger charge is -2.21. The van der Waals surface area contributed by atoms with Gasteiger partial charge in [-0.05, 0) is 80.7 Å². The van der Waals surface area contributed by atoms with E-state index in [0.29, 0.717) is 49.3 Å². The van der Waals surface area contributed by atoms with Crippen LogP contribution in [0, 0.1) is 5.82 Å². The standard InChI is InChI=1S/C28H25Br3FN3O3/c1-5-37-22-12-17(23(30)24(31)25(22)38-15-16-6-9-19(32)10-7-16)14-33-35-26(36)20-13-18(29)8-11-21(20)34-27(35)28(2,3)4/h6-14H,5,15H2,1-4H3. The summed E-state index contributed by atoms with van der Waals surface area (Å²) >= 11 is 10.7. The van der Waals surface area contributed by atoms with Crippen molar-refractivity contribution in [3.63, 3.8) is 0 Å². The average Bonchev–Trinajstić information content (AvgIpc) is 2.86. The first-order valence-corrected chi connectivity index (χ1v) is 14.2. The summed E-state index contributed by atoms with van der Waals surface area (Å²) < 4.78 is 28.6. The van der Waals surface area contributed by atoms with Crippen molar-refractivity contribution in [2.45, 2.75) is 39.7 Å². The number of benzene rings is 3. The fourth-order valence-corrected chi connectivity index (χ4v) is 4.99. The highest BCUT2D eigenvalue weighted by molar-refractivity contribution is 9.13. The van der Waals surface area contributed by atoms with Crippen LogP contribution in [0.15, 0.2) is 71.8 Å². The highest BCUT2D eigenvalue weighted by Crippen LogP contribution is 2.43. The highest BCUT2D eigenvalue weighted by Gasteiger charge is 2.23. The molecule has 0 aliphatic carbocycles. The molecule has 0 fully saturated rings. The molecule has 0 atom stereocenters. The predicted molar refractivity (Wildman–Crippen MR) is 159 cm³/mol. The summed E-state index contributed by atoms with van der Waals surface area (Å²) in [6, 6.07) is 13.3. The van der Waals surface area contributed by atoms with Gasteiger partial charge < -0.3 is 9.47 Å². The average molecular weight is 710 g/mol. The first-order chi connectivity index (χ1) is 18.0. The molecule has 0 radical (unpaired) electrons. The molecule has 0 bridgehead atoms. The minimum Gasteiger partial charge on any atom is -0.490 e. The Balaban J connectivity index is 1.77. The molecule has 0 spiro atoms. The molecule has 0 unspecified atom stereocenters. The first kappa shape index (κ1) is 28.4. The van der Waals surface area contributed by atoms with Crippen molar-refractivity contribution in [1.29, 1.82) is 0 Å². The van der Waals surface area contributed by atoms with Crippen LogP contribution in [0.4, 0.5) is 4.39 Å². The van der Waals surface area contributed by atoms with Gasteiger partial charge in [-0.15, -0.1) is 0 Å². The zero-order valence-electron chi connectivity index (χ0n) is 21.2. The summed E-state index contributed by atoms with van der Waals surface area (Å²) in [5.41, 5.74) is 1.38. The number of aromatic nitrogens is 2. The molecular formula is C28H25Br3FN3O3. The highest BCUT2D eigenvalue weighted by atomic mass is 79.9. The van der Waals surface area contributed by atoms with Crippen LogP contribution in [-0.4, -0.2) is 22.5 Å². The van der Waals surface area contributed by atoms with E-state index in [-0.39, 0.29) is 18.0 Å². The molecule has 6 nitrogen and oxygen atoms in total. The maximum absolute atomic E-state index is 13.5. The third kappa shape index (κ3) is 6.18. The molecule has 4 rings (SSSR count). The number of ether oxygens (including phenoxy) is 2. The van der Waals surface area contributed by atoms with Gasteiger partial charge in [-0.3, -0.25) is 4.79 Å². The molecule has 38 heavy (non-hydrogen) atoms. The molecule has 0 amide bonds. The fraction of sp³-hybridized carbons (Fsp3) is 0.250. The Bertz CT molecular complexity index is 1580. The van der Waals surface area contributed by atoms with Gasteiger partial charge in [-0.25, -0.2) is 9.37 Å². The molecule has 0 saturated carbocycles. The quantitative estimate of drug-likeness (QED) is 0.183. The van der Waals surface area contributed by atoms with Crippen LogP contribution >= 0.6 is 47.8 Å². The van der Waals surface area contributed by atoms with Gasteiger partial charge in [-0.2, -0.15) is 9.78 Å². The van der Waals surface area contributed by atoms with Crippen LogP contribution in [0.1, 0.15) is 44.6 Å². The molecule has 1 heterocycles. The Morgan fingerprint density at radius 2 is 1.74 bits per heavy atom. The van der Waals surface area contributed by atoms with Crippen molar-refractivity contribution in [2.24, 2.45) is 5.10 Å². The van der Waals surface area contributed by atoms with E-state index >= 15 is 0 Å². The van der Waals surface area contributed by atoms with E-state index in [9.17, 15) is 9.18 Å². The smallest absolute Gasteiger partial charge is 0.282 e. The SMILES string of the molecule is CCOc1cc(C=Nn2c(C(C)(C)C)nc3ccc(Br)cc3c2=O)c(Br)c(Br)c1OCc1ccc(F)cc1. The number of fused-ring (bicyclic) bond motifs is 1. The Morgan fingerprint density at radius 1 is 1.03 bits per heavy atom. The molecule has 3 aromatic carbocycles. The van der Waals surface area contributed by atoms with Crippen molar-refractivity contribution in [1.82, 2.24) is 9.66 Å². The fourth-order valence-electron chi connectivity index (χ4n) is 3.69. The lowest BCUT2D eigenvalue weighted by Crippen LogP contribution is -2.29. The van der Waals surface area contributed by atoms with E-state index < -0.39 is 5.41 Å². The van der Waals surface area contributed by atoms with E-state index in [1.165, 1.54) is 16.8 Å². The van der Waals surface area contributed by atoms with Crippen molar-refractivity contribution in [2.75, 3.05) is 6.61 Å². The van der Waals surface area contributed by atoms with Crippen molar-refractivity contribution < 1.29 is 13.9 Å². The third-order valence-corrected chi connectivity index (χ3v) is 8.18. The Kier molecular flexibility index (Phi) is 8.74.